The summed E-state index contributed by atoms with van der Waals surface area (Å²) >= 11 is 0. The molecule has 0 saturated carbocycles. The van der Waals surface area contributed by atoms with Gasteiger partial charge in [-0.25, -0.2) is 4.98 Å². The summed E-state index contributed by atoms with van der Waals surface area (Å²) in [6, 6.07) is 5.76. The third-order valence-electron chi connectivity index (χ3n) is 3.48. The first-order chi connectivity index (χ1) is 8.46. The number of likely N-dealkylation sites (N-methyl/N-ethyl adjacent to an activating group) is 1. The summed E-state index contributed by atoms with van der Waals surface area (Å²) in [5, 5.41) is 0. The molecule has 2 heterocycles. The van der Waals surface area contributed by atoms with Crippen LogP contribution in [0.15, 0.2) is 18.2 Å². The Morgan fingerprint density at radius 1 is 1.39 bits per heavy atom. The van der Waals surface area contributed by atoms with E-state index in [0.29, 0.717) is 6.54 Å². The molecular formula is C13H20N4O. The predicted octanol–water partition coefficient (Wildman–Crippen LogP) is 0.597. The number of pyridine rings is 1. The molecule has 0 radical (unpaired) electrons. The van der Waals surface area contributed by atoms with Crippen molar-refractivity contribution in [2.45, 2.75) is 25.9 Å². The Bertz CT molecular complexity index is 458. The lowest BCUT2D eigenvalue weighted by molar-refractivity contribution is -0.136. The summed E-state index contributed by atoms with van der Waals surface area (Å²) < 4.78 is 0. The average molecular weight is 248 g/mol. The predicted molar refractivity (Wildman–Crippen MR) is 71.2 cm³/mol. The SMILES string of the molecule is CN1CCN(c2cccc(CN)n2)C(C)(C)C1=O. The number of carbonyl (C=O) groups excluding carboxylic acids is 1. The lowest BCUT2D eigenvalue weighted by atomic mass is 9.98. The molecule has 1 amide bonds. The summed E-state index contributed by atoms with van der Waals surface area (Å²) in [5.41, 5.74) is 5.89. The fourth-order valence-corrected chi connectivity index (χ4v) is 2.35. The molecule has 5 heteroatoms. The maximum absolute atomic E-state index is 12.2. The normalized spacial score (nSPS) is 19.2. The second-order valence-electron chi connectivity index (χ2n) is 5.13. The van der Waals surface area contributed by atoms with E-state index in [2.05, 4.69) is 9.88 Å². The van der Waals surface area contributed by atoms with Crippen LogP contribution < -0.4 is 10.6 Å². The molecule has 0 bridgehead atoms. The summed E-state index contributed by atoms with van der Waals surface area (Å²) in [5.74, 6) is 0.943. The standard InChI is InChI=1S/C13H20N4O/c1-13(2)12(18)16(3)7-8-17(13)11-6-4-5-10(9-14)15-11/h4-6H,7-9,14H2,1-3H3. The van der Waals surface area contributed by atoms with Gasteiger partial charge < -0.3 is 15.5 Å². The molecule has 1 aromatic heterocycles. The van der Waals surface area contributed by atoms with Crippen LogP contribution in [0.1, 0.15) is 19.5 Å². The second-order valence-corrected chi connectivity index (χ2v) is 5.13. The van der Waals surface area contributed by atoms with Crippen molar-refractivity contribution in [2.75, 3.05) is 25.0 Å². The third-order valence-corrected chi connectivity index (χ3v) is 3.48. The Kier molecular flexibility index (Phi) is 3.26. The van der Waals surface area contributed by atoms with Gasteiger partial charge in [0.05, 0.1) is 5.69 Å². The van der Waals surface area contributed by atoms with Crippen molar-refractivity contribution in [3.05, 3.63) is 23.9 Å². The number of amides is 1. The van der Waals surface area contributed by atoms with Crippen molar-refractivity contribution in [1.82, 2.24) is 9.88 Å². The molecule has 2 rings (SSSR count). The second kappa shape index (κ2) is 4.57. The van der Waals surface area contributed by atoms with Gasteiger partial charge in [0.15, 0.2) is 0 Å². The highest BCUT2D eigenvalue weighted by Crippen LogP contribution is 2.27. The van der Waals surface area contributed by atoms with Gasteiger partial charge >= 0.3 is 0 Å². The third kappa shape index (κ3) is 2.06. The highest BCUT2D eigenvalue weighted by atomic mass is 16.2. The number of rotatable bonds is 2. The Balaban J connectivity index is 2.34. The maximum Gasteiger partial charge on any atom is 0.247 e. The van der Waals surface area contributed by atoms with Crippen molar-refractivity contribution in [2.24, 2.45) is 5.73 Å². The van der Waals surface area contributed by atoms with E-state index in [4.69, 9.17) is 5.73 Å². The first-order valence-corrected chi connectivity index (χ1v) is 6.16. The molecule has 18 heavy (non-hydrogen) atoms. The van der Waals surface area contributed by atoms with Gasteiger partial charge in [-0.2, -0.15) is 0 Å². The molecule has 1 aliphatic rings. The summed E-state index contributed by atoms with van der Waals surface area (Å²) in [6.07, 6.45) is 0. The topological polar surface area (TPSA) is 62.5 Å². The van der Waals surface area contributed by atoms with Gasteiger partial charge in [0.25, 0.3) is 0 Å². The quantitative estimate of drug-likeness (QED) is 0.832. The number of nitrogens with two attached hydrogens (primary N) is 1. The maximum atomic E-state index is 12.2. The van der Waals surface area contributed by atoms with E-state index >= 15 is 0 Å². The van der Waals surface area contributed by atoms with Crippen molar-refractivity contribution in [3.63, 3.8) is 0 Å². The Hall–Kier alpha value is -1.62. The number of hydrogen-bond acceptors (Lipinski definition) is 4. The largest absolute Gasteiger partial charge is 0.342 e. The van der Waals surface area contributed by atoms with Crippen LogP contribution in [0.25, 0.3) is 0 Å². The monoisotopic (exact) mass is 248 g/mol. The van der Waals surface area contributed by atoms with Gasteiger partial charge in [0.2, 0.25) is 5.91 Å². The summed E-state index contributed by atoms with van der Waals surface area (Å²) in [6.45, 7) is 5.78. The zero-order valence-electron chi connectivity index (χ0n) is 11.2. The molecule has 5 nitrogen and oxygen atoms in total. The number of nitrogens with zero attached hydrogens (tertiary/aromatic N) is 3. The van der Waals surface area contributed by atoms with Crippen LogP contribution in [-0.4, -0.2) is 41.5 Å². The first kappa shape index (κ1) is 12.8. The highest BCUT2D eigenvalue weighted by Gasteiger charge is 2.41. The highest BCUT2D eigenvalue weighted by molar-refractivity contribution is 5.90. The number of aromatic nitrogens is 1. The fourth-order valence-electron chi connectivity index (χ4n) is 2.35. The lowest BCUT2D eigenvalue weighted by Crippen LogP contribution is -2.62. The number of hydrogen-bond donors (Lipinski definition) is 1. The van der Waals surface area contributed by atoms with Gasteiger partial charge in [0.1, 0.15) is 11.4 Å². The molecule has 0 aromatic carbocycles. The summed E-state index contributed by atoms with van der Waals surface area (Å²) in [7, 11) is 1.84. The Labute approximate surface area is 108 Å². The molecule has 1 saturated heterocycles. The van der Waals surface area contributed by atoms with Gasteiger partial charge in [0, 0.05) is 26.7 Å². The van der Waals surface area contributed by atoms with Crippen LogP contribution in [0.5, 0.6) is 0 Å². The van der Waals surface area contributed by atoms with Crippen LogP contribution in [0.4, 0.5) is 5.82 Å². The van der Waals surface area contributed by atoms with E-state index in [0.717, 1.165) is 24.6 Å². The molecule has 1 fully saturated rings. The van der Waals surface area contributed by atoms with E-state index in [-0.39, 0.29) is 5.91 Å². The minimum atomic E-state index is -0.562. The average Bonchev–Trinajstić information content (AvgIpc) is 2.36. The van der Waals surface area contributed by atoms with E-state index in [1.807, 2.05) is 39.1 Å². The minimum absolute atomic E-state index is 0.119. The van der Waals surface area contributed by atoms with Gasteiger partial charge in [-0.1, -0.05) is 6.07 Å². The molecule has 0 atom stereocenters. The number of piperazine rings is 1. The molecule has 0 unspecified atom stereocenters. The molecule has 0 spiro atoms. The van der Waals surface area contributed by atoms with Gasteiger partial charge in [-0.3, -0.25) is 4.79 Å². The summed E-state index contributed by atoms with van der Waals surface area (Å²) in [4.78, 5) is 20.5. The molecule has 1 aliphatic heterocycles. The fraction of sp³-hybridized carbons (Fsp3) is 0.538. The van der Waals surface area contributed by atoms with E-state index < -0.39 is 5.54 Å². The molecule has 98 valence electrons. The van der Waals surface area contributed by atoms with E-state index in [1.54, 1.807) is 4.90 Å². The Morgan fingerprint density at radius 3 is 2.78 bits per heavy atom. The van der Waals surface area contributed by atoms with Crippen LogP contribution in [-0.2, 0) is 11.3 Å². The molecule has 1 aromatic rings. The molecule has 0 aliphatic carbocycles. The lowest BCUT2D eigenvalue weighted by Gasteiger charge is -2.45. The van der Waals surface area contributed by atoms with Crippen LogP contribution in [0.2, 0.25) is 0 Å². The van der Waals surface area contributed by atoms with Crippen molar-refractivity contribution in [3.8, 4) is 0 Å². The Morgan fingerprint density at radius 2 is 2.11 bits per heavy atom. The van der Waals surface area contributed by atoms with E-state index in [9.17, 15) is 4.79 Å². The van der Waals surface area contributed by atoms with Crippen molar-refractivity contribution in [1.29, 1.82) is 0 Å². The number of carbonyl (C=O) groups is 1. The first-order valence-electron chi connectivity index (χ1n) is 6.16. The van der Waals surface area contributed by atoms with Crippen LogP contribution in [0, 0.1) is 0 Å². The van der Waals surface area contributed by atoms with E-state index in [1.165, 1.54) is 0 Å². The van der Waals surface area contributed by atoms with Crippen LogP contribution in [0.3, 0.4) is 0 Å². The minimum Gasteiger partial charge on any atom is -0.342 e. The zero-order valence-corrected chi connectivity index (χ0v) is 11.2. The molecule has 2 N–H and O–H groups in total. The van der Waals surface area contributed by atoms with Crippen LogP contribution >= 0.6 is 0 Å². The van der Waals surface area contributed by atoms with Crippen molar-refractivity contribution >= 4 is 11.7 Å². The van der Waals surface area contributed by atoms with Gasteiger partial charge in [-0.05, 0) is 26.0 Å². The zero-order chi connectivity index (χ0) is 13.3. The van der Waals surface area contributed by atoms with Crippen molar-refractivity contribution < 1.29 is 4.79 Å². The van der Waals surface area contributed by atoms with Gasteiger partial charge in [-0.15, -0.1) is 0 Å². The molecular weight excluding hydrogens is 228 g/mol. The smallest absolute Gasteiger partial charge is 0.247 e. The number of anilines is 1.